The van der Waals surface area contributed by atoms with Gasteiger partial charge in [0.2, 0.25) is 0 Å². The van der Waals surface area contributed by atoms with E-state index in [0.29, 0.717) is 0 Å². The Balaban J connectivity index is 2.50. The Hall–Kier alpha value is -0.900. The normalized spacial score (nSPS) is 19.6. The molecule has 2 rings (SSSR count). The van der Waals surface area contributed by atoms with Gasteiger partial charge in [0.05, 0.1) is 21.3 Å². The standard InChI is InChI=1S/C8H10N2OS/c1-5-9-6-3-2-4-7(10-11)8(6)12-5/h11H,2-4H2,1H3/b10-7+. The van der Waals surface area contributed by atoms with Gasteiger partial charge >= 0.3 is 0 Å². The number of rotatable bonds is 0. The van der Waals surface area contributed by atoms with E-state index in [2.05, 4.69) is 10.1 Å². The highest BCUT2D eigenvalue weighted by atomic mass is 32.1. The summed E-state index contributed by atoms with van der Waals surface area (Å²) in [5.41, 5.74) is 1.92. The lowest BCUT2D eigenvalue weighted by Crippen LogP contribution is -2.09. The smallest absolute Gasteiger partial charge is 0.0986 e. The molecule has 3 nitrogen and oxygen atoms in total. The molecule has 0 fully saturated rings. The number of aryl methyl sites for hydroxylation is 2. The van der Waals surface area contributed by atoms with E-state index in [4.69, 9.17) is 5.21 Å². The number of thiazole rings is 1. The van der Waals surface area contributed by atoms with Gasteiger partial charge in [-0.2, -0.15) is 0 Å². The molecule has 0 saturated heterocycles. The Morgan fingerprint density at radius 2 is 2.33 bits per heavy atom. The number of hydrogen-bond acceptors (Lipinski definition) is 4. The number of fused-ring (bicyclic) bond motifs is 1. The molecule has 0 bridgehead atoms. The first-order chi connectivity index (χ1) is 5.81. The van der Waals surface area contributed by atoms with Gasteiger partial charge in [-0.3, -0.25) is 0 Å². The summed E-state index contributed by atoms with van der Waals surface area (Å²) in [4.78, 5) is 5.46. The maximum absolute atomic E-state index is 8.71. The number of nitrogens with zero attached hydrogens (tertiary/aromatic N) is 2. The van der Waals surface area contributed by atoms with Gasteiger partial charge in [-0.15, -0.1) is 11.3 Å². The molecule has 0 aromatic carbocycles. The van der Waals surface area contributed by atoms with Crippen LogP contribution in [0.5, 0.6) is 0 Å². The lowest BCUT2D eigenvalue weighted by atomic mass is 10.0. The molecule has 0 radical (unpaired) electrons. The van der Waals surface area contributed by atoms with E-state index in [0.717, 1.165) is 40.6 Å². The summed E-state index contributed by atoms with van der Waals surface area (Å²) in [6, 6.07) is 0. The molecule has 1 N–H and O–H groups in total. The van der Waals surface area contributed by atoms with Crippen LogP contribution < -0.4 is 0 Å². The minimum atomic E-state index is 0.807. The highest BCUT2D eigenvalue weighted by Crippen LogP contribution is 2.26. The van der Waals surface area contributed by atoms with E-state index in [1.807, 2.05) is 6.92 Å². The second kappa shape index (κ2) is 2.86. The molecule has 1 aromatic heterocycles. The molecule has 1 aromatic rings. The Labute approximate surface area is 74.8 Å². The molecule has 1 heterocycles. The van der Waals surface area contributed by atoms with Gasteiger partial charge < -0.3 is 5.21 Å². The number of oxime groups is 1. The lowest BCUT2D eigenvalue weighted by molar-refractivity contribution is 0.317. The van der Waals surface area contributed by atoms with Gasteiger partial charge in [0.1, 0.15) is 0 Å². The first-order valence-corrected chi connectivity index (χ1v) is 4.80. The zero-order valence-corrected chi connectivity index (χ0v) is 7.69. The summed E-state index contributed by atoms with van der Waals surface area (Å²) < 4.78 is 0. The minimum Gasteiger partial charge on any atom is -0.411 e. The number of hydrogen-bond donors (Lipinski definition) is 1. The van der Waals surface area contributed by atoms with E-state index in [9.17, 15) is 0 Å². The summed E-state index contributed by atoms with van der Waals surface area (Å²) in [5.74, 6) is 0. The fourth-order valence-corrected chi connectivity index (χ4v) is 2.47. The van der Waals surface area contributed by atoms with E-state index in [-0.39, 0.29) is 0 Å². The third-order valence-electron chi connectivity index (χ3n) is 2.01. The monoisotopic (exact) mass is 182 g/mol. The Bertz CT molecular complexity index is 330. The van der Waals surface area contributed by atoms with Crippen molar-refractivity contribution in [3.05, 3.63) is 15.6 Å². The molecular formula is C8H10N2OS. The molecule has 0 amide bonds. The summed E-state index contributed by atoms with van der Waals surface area (Å²) in [6.45, 7) is 1.98. The summed E-state index contributed by atoms with van der Waals surface area (Å²) in [6.07, 6.45) is 2.96. The first-order valence-electron chi connectivity index (χ1n) is 3.99. The van der Waals surface area contributed by atoms with Gasteiger partial charge in [-0.25, -0.2) is 4.98 Å². The average Bonchev–Trinajstić information content (AvgIpc) is 2.44. The molecule has 0 aliphatic heterocycles. The van der Waals surface area contributed by atoms with Crippen LogP contribution in [-0.4, -0.2) is 15.9 Å². The first kappa shape index (κ1) is 7.73. The topological polar surface area (TPSA) is 45.5 Å². The SMILES string of the molecule is Cc1nc2c(s1)/C(=N/O)CCC2. The van der Waals surface area contributed by atoms with Gasteiger partial charge in [0, 0.05) is 0 Å². The van der Waals surface area contributed by atoms with Crippen LogP contribution in [0.4, 0.5) is 0 Å². The van der Waals surface area contributed by atoms with Gasteiger partial charge in [-0.1, -0.05) is 5.16 Å². The second-order valence-corrected chi connectivity index (χ2v) is 4.11. The summed E-state index contributed by atoms with van der Waals surface area (Å²) in [5, 5.41) is 13.1. The zero-order chi connectivity index (χ0) is 8.55. The largest absolute Gasteiger partial charge is 0.411 e. The van der Waals surface area contributed by atoms with Crippen molar-refractivity contribution in [1.82, 2.24) is 4.98 Å². The second-order valence-electron chi connectivity index (χ2n) is 2.91. The summed E-state index contributed by atoms with van der Waals surface area (Å²) in [7, 11) is 0. The molecule has 1 aliphatic rings. The van der Waals surface area contributed by atoms with Crippen molar-refractivity contribution < 1.29 is 5.21 Å². The van der Waals surface area contributed by atoms with Crippen molar-refractivity contribution in [3.63, 3.8) is 0 Å². The quantitative estimate of drug-likeness (QED) is 0.492. The predicted molar refractivity (Wildman–Crippen MR) is 48.1 cm³/mol. The third-order valence-corrected chi connectivity index (χ3v) is 3.08. The van der Waals surface area contributed by atoms with Gasteiger partial charge in [0.15, 0.2) is 0 Å². The molecule has 4 heteroatoms. The molecular weight excluding hydrogens is 172 g/mol. The Morgan fingerprint density at radius 3 is 3.08 bits per heavy atom. The van der Waals surface area contributed by atoms with Crippen molar-refractivity contribution in [1.29, 1.82) is 0 Å². The van der Waals surface area contributed by atoms with Gasteiger partial charge in [0.25, 0.3) is 0 Å². The van der Waals surface area contributed by atoms with Crippen molar-refractivity contribution in [3.8, 4) is 0 Å². The third kappa shape index (κ3) is 1.12. The lowest BCUT2D eigenvalue weighted by Gasteiger charge is -2.09. The predicted octanol–water partition coefficient (Wildman–Crippen LogP) is 1.97. The average molecular weight is 182 g/mol. The number of aromatic nitrogens is 1. The van der Waals surface area contributed by atoms with Crippen LogP contribution in [0.15, 0.2) is 5.16 Å². The zero-order valence-electron chi connectivity index (χ0n) is 6.87. The molecule has 12 heavy (non-hydrogen) atoms. The van der Waals surface area contributed by atoms with E-state index < -0.39 is 0 Å². The van der Waals surface area contributed by atoms with Crippen molar-refractivity contribution in [2.75, 3.05) is 0 Å². The molecule has 0 spiro atoms. The van der Waals surface area contributed by atoms with Crippen molar-refractivity contribution in [2.24, 2.45) is 5.16 Å². The Morgan fingerprint density at radius 1 is 1.50 bits per heavy atom. The van der Waals surface area contributed by atoms with Crippen molar-refractivity contribution in [2.45, 2.75) is 26.2 Å². The Kier molecular flexibility index (Phi) is 1.84. The van der Waals surface area contributed by atoms with Crippen LogP contribution >= 0.6 is 11.3 Å². The van der Waals surface area contributed by atoms with Crippen LogP contribution in [0, 0.1) is 6.92 Å². The minimum absolute atomic E-state index is 0.807. The maximum atomic E-state index is 8.71. The molecule has 0 atom stereocenters. The summed E-state index contributed by atoms with van der Waals surface area (Å²) >= 11 is 1.62. The van der Waals surface area contributed by atoms with Gasteiger partial charge in [-0.05, 0) is 26.2 Å². The molecule has 64 valence electrons. The van der Waals surface area contributed by atoms with Crippen molar-refractivity contribution >= 4 is 17.0 Å². The fraction of sp³-hybridized carbons (Fsp3) is 0.500. The molecule has 1 aliphatic carbocycles. The van der Waals surface area contributed by atoms with E-state index >= 15 is 0 Å². The maximum Gasteiger partial charge on any atom is 0.0986 e. The molecule has 0 saturated carbocycles. The van der Waals surface area contributed by atoms with Crippen LogP contribution in [0.3, 0.4) is 0 Å². The van der Waals surface area contributed by atoms with E-state index in [1.165, 1.54) is 0 Å². The van der Waals surface area contributed by atoms with Crippen LogP contribution in [0.1, 0.15) is 28.4 Å². The van der Waals surface area contributed by atoms with Crippen LogP contribution in [0.25, 0.3) is 0 Å². The highest BCUT2D eigenvalue weighted by molar-refractivity contribution is 7.13. The van der Waals surface area contributed by atoms with Crippen LogP contribution in [-0.2, 0) is 6.42 Å². The molecule has 0 unspecified atom stereocenters. The highest BCUT2D eigenvalue weighted by Gasteiger charge is 2.19. The fourth-order valence-electron chi connectivity index (χ4n) is 1.50. The van der Waals surface area contributed by atoms with E-state index in [1.54, 1.807) is 11.3 Å². The van der Waals surface area contributed by atoms with Crippen LogP contribution in [0.2, 0.25) is 0 Å².